The van der Waals surface area contributed by atoms with Gasteiger partial charge in [-0.3, -0.25) is 19.7 Å². The van der Waals surface area contributed by atoms with E-state index in [1.54, 1.807) is 24.3 Å². The number of carbonyl (C=O) groups excluding carboxylic acids is 4. The summed E-state index contributed by atoms with van der Waals surface area (Å²) in [5, 5.41) is 7.27. The Bertz CT molecular complexity index is 742. The standard InChI is InChI=1S/C21H29N3O6/c1-14(2)30-17-10-8-15(9-11-17)20(27)22-12-19(26)29-13-18(25)24-21(28)23-16-6-4-3-5-7-16/h8-11,14,16H,3-7,12-13H2,1-2H3,(H,22,27)(H2,23,24,25,28). The lowest BCUT2D eigenvalue weighted by atomic mass is 9.96. The number of carbonyl (C=O) groups is 4. The fourth-order valence-corrected chi connectivity index (χ4v) is 3.04. The predicted molar refractivity (Wildman–Crippen MR) is 109 cm³/mol. The minimum absolute atomic E-state index is 0.0231. The lowest BCUT2D eigenvalue weighted by molar-refractivity contribution is -0.147. The van der Waals surface area contributed by atoms with Crippen molar-refractivity contribution in [3.63, 3.8) is 0 Å². The van der Waals surface area contributed by atoms with E-state index in [9.17, 15) is 19.2 Å². The van der Waals surface area contributed by atoms with Gasteiger partial charge in [0.15, 0.2) is 6.61 Å². The molecule has 0 spiro atoms. The minimum Gasteiger partial charge on any atom is -0.491 e. The van der Waals surface area contributed by atoms with E-state index in [1.807, 2.05) is 13.8 Å². The summed E-state index contributed by atoms with van der Waals surface area (Å²) in [4.78, 5) is 47.3. The summed E-state index contributed by atoms with van der Waals surface area (Å²) in [6, 6.07) is 5.95. The molecule has 1 aliphatic rings. The quantitative estimate of drug-likeness (QED) is 0.553. The van der Waals surface area contributed by atoms with Crippen molar-refractivity contribution in [3.8, 4) is 5.75 Å². The van der Waals surface area contributed by atoms with E-state index in [4.69, 9.17) is 9.47 Å². The molecule has 0 saturated heterocycles. The van der Waals surface area contributed by atoms with E-state index in [-0.39, 0.29) is 12.1 Å². The third-order valence-electron chi connectivity index (χ3n) is 4.44. The summed E-state index contributed by atoms with van der Waals surface area (Å²) in [6.07, 6.45) is 5.07. The molecule has 0 bridgehead atoms. The molecule has 9 nitrogen and oxygen atoms in total. The molecular weight excluding hydrogens is 390 g/mol. The number of ether oxygens (including phenoxy) is 2. The Balaban J connectivity index is 1.64. The molecule has 0 unspecified atom stereocenters. The Kier molecular flexibility index (Phi) is 9.11. The van der Waals surface area contributed by atoms with Crippen LogP contribution < -0.4 is 20.7 Å². The molecule has 9 heteroatoms. The van der Waals surface area contributed by atoms with Gasteiger partial charge in [-0.2, -0.15) is 0 Å². The summed E-state index contributed by atoms with van der Waals surface area (Å²) in [5.74, 6) is -1.34. The van der Waals surface area contributed by atoms with Gasteiger partial charge in [0, 0.05) is 11.6 Å². The molecule has 0 atom stereocenters. The molecule has 1 saturated carbocycles. The molecule has 30 heavy (non-hydrogen) atoms. The van der Waals surface area contributed by atoms with Crippen LogP contribution >= 0.6 is 0 Å². The smallest absolute Gasteiger partial charge is 0.325 e. The van der Waals surface area contributed by atoms with Gasteiger partial charge in [0.05, 0.1) is 6.10 Å². The van der Waals surface area contributed by atoms with E-state index < -0.39 is 37.0 Å². The van der Waals surface area contributed by atoms with Gasteiger partial charge in [-0.1, -0.05) is 19.3 Å². The van der Waals surface area contributed by atoms with Crippen LogP contribution in [0.2, 0.25) is 0 Å². The molecule has 1 aromatic carbocycles. The lowest BCUT2D eigenvalue weighted by Crippen LogP contribution is -2.46. The zero-order valence-corrected chi connectivity index (χ0v) is 17.4. The molecule has 1 fully saturated rings. The molecule has 164 valence electrons. The van der Waals surface area contributed by atoms with E-state index in [2.05, 4.69) is 16.0 Å². The molecule has 1 aromatic rings. The van der Waals surface area contributed by atoms with E-state index >= 15 is 0 Å². The fourth-order valence-electron chi connectivity index (χ4n) is 3.04. The zero-order valence-electron chi connectivity index (χ0n) is 17.4. The van der Waals surface area contributed by atoms with E-state index in [0.29, 0.717) is 11.3 Å². The van der Waals surface area contributed by atoms with Crippen LogP contribution in [0.25, 0.3) is 0 Å². The first kappa shape index (κ1) is 23.2. The van der Waals surface area contributed by atoms with Crippen LogP contribution in [0.3, 0.4) is 0 Å². The highest BCUT2D eigenvalue weighted by molar-refractivity contribution is 5.97. The number of amides is 4. The van der Waals surface area contributed by atoms with Crippen LogP contribution in [-0.2, 0) is 14.3 Å². The van der Waals surface area contributed by atoms with Gasteiger partial charge in [-0.05, 0) is 51.0 Å². The Morgan fingerprint density at radius 1 is 1.03 bits per heavy atom. The number of nitrogens with one attached hydrogen (secondary N) is 3. The number of esters is 1. The van der Waals surface area contributed by atoms with E-state index in [0.717, 1.165) is 32.1 Å². The summed E-state index contributed by atoms with van der Waals surface area (Å²) in [6.45, 7) is 2.80. The second-order valence-corrected chi connectivity index (χ2v) is 7.39. The second-order valence-electron chi connectivity index (χ2n) is 7.39. The van der Waals surface area contributed by atoms with Crippen molar-refractivity contribution < 1.29 is 28.7 Å². The molecule has 0 heterocycles. The van der Waals surface area contributed by atoms with Gasteiger partial charge in [-0.15, -0.1) is 0 Å². The van der Waals surface area contributed by atoms with Crippen LogP contribution in [0.4, 0.5) is 4.79 Å². The Hall–Kier alpha value is -3.10. The third kappa shape index (κ3) is 8.50. The molecule has 0 aromatic heterocycles. The highest BCUT2D eigenvalue weighted by atomic mass is 16.5. The average Bonchev–Trinajstić information content (AvgIpc) is 2.71. The first-order valence-electron chi connectivity index (χ1n) is 10.1. The van der Waals surface area contributed by atoms with Gasteiger partial charge in [0.2, 0.25) is 0 Å². The van der Waals surface area contributed by atoms with Gasteiger partial charge >= 0.3 is 12.0 Å². The van der Waals surface area contributed by atoms with Crippen molar-refractivity contribution in [3.05, 3.63) is 29.8 Å². The molecule has 0 aliphatic heterocycles. The maximum absolute atomic E-state index is 12.1. The van der Waals surface area contributed by atoms with Crippen LogP contribution in [0.5, 0.6) is 5.75 Å². The maximum atomic E-state index is 12.1. The Morgan fingerprint density at radius 2 is 1.70 bits per heavy atom. The Morgan fingerprint density at radius 3 is 2.33 bits per heavy atom. The van der Waals surface area contributed by atoms with Crippen LogP contribution in [0.15, 0.2) is 24.3 Å². The van der Waals surface area contributed by atoms with Gasteiger partial charge in [-0.25, -0.2) is 4.79 Å². The number of hydrogen-bond donors (Lipinski definition) is 3. The fraction of sp³-hybridized carbons (Fsp3) is 0.524. The number of benzene rings is 1. The molecule has 0 radical (unpaired) electrons. The molecule has 2 rings (SSSR count). The minimum atomic E-state index is -0.786. The molecule has 1 aliphatic carbocycles. The third-order valence-corrected chi connectivity index (χ3v) is 4.44. The topological polar surface area (TPSA) is 123 Å². The number of imide groups is 1. The van der Waals surface area contributed by atoms with Crippen molar-refractivity contribution in [2.75, 3.05) is 13.2 Å². The van der Waals surface area contributed by atoms with Crippen molar-refractivity contribution in [1.82, 2.24) is 16.0 Å². The first-order chi connectivity index (χ1) is 14.3. The normalized spacial score (nSPS) is 14.0. The van der Waals surface area contributed by atoms with E-state index in [1.165, 1.54) is 0 Å². The maximum Gasteiger partial charge on any atom is 0.325 e. The molecular formula is C21H29N3O6. The predicted octanol–water partition coefficient (Wildman–Crippen LogP) is 1.91. The highest BCUT2D eigenvalue weighted by Crippen LogP contribution is 2.17. The van der Waals surface area contributed by atoms with Crippen LogP contribution in [0.1, 0.15) is 56.3 Å². The van der Waals surface area contributed by atoms with Crippen molar-refractivity contribution in [2.45, 2.75) is 58.1 Å². The SMILES string of the molecule is CC(C)Oc1ccc(C(=O)NCC(=O)OCC(=O)NC(=O)NC2CCCCC2)cc1. The number of urea groups is 1. The van der Waals surface area contributed by atoms with Gasteiger partial charge in [0.1, 0.15) is 12.3 Å². The van der Waals surface area contributed by atoms with Crippen molar-refractivity contribution >= 4 is 23.8 Å². The van der Waals surface area contributed by atoms with Crippen molar-refractivity contribution in [2.24, 2.45) is 0 Å². The first-order valence-corrected chi connectivity index (χ1v) is 10.1. The largest absolute Gasteiger partial charge is 0.491 e. The monoisotopic (exact) mass is 419 g/mol. The average molecular weight is 419 g/mol. The van der Waals surface area contributed by atoms with Gasteiger partial charge < -0.3 is 20.1 Å². The lowest BCUT2D eigenvalue weighted by Gasteiger charge is -2.22. The summed E-state index contributed by atoms with van der Waals surface area (Å²) >= 11 is 0. The highest BCUT2D eigenvalue weighted by Gasteiger charge is 2.17. The number of rotatable bonds is 8. The summed E-state index contributed by atoms with van der Waals surface area (Å²) in [5.41, 5.74) is 0.357. The summed E-state index contributed by atoms with van der Waals surface area (Å²) in [7, 11) is 0. The zero-order chi connectivity index (χ0) is 21.9. The molecule has 4 amide bonds. The number of hydrogen-bond acceptors (Lipinski definition) is 6. The Labute approximate surface area is 175 Å². The van der Waals surface area contributed by atoms with Crippen LogP contribution in [0, 0.1) is 0 Å². The molecule has 3 N–H and O–H groups in total. The van der Waals surface area contributed by atoms with Gasteiger partial charge in [0.25, 0.3) is 11.8 Å². The summed E-state index contributed by atoms with van der Waals surface area (Å²) < 4.78 is 10.3. The second kappa shape index (κ2) is 11.8. The van der Waals surface area contributed by atoms with Crippen LogP contribution in [-0.4, -0.2) is 49.1 Å². The van der Waals surface area contributed by atoms with Crippen molar-refractivity contribution in [1.29, 1.82) is 0 Å².